The number of aryl methyl sites for hydroxylation is 2. The molecule has 1 aromatic rings. The van der Waals surface area contributed by atoms with Crippen molar-refractivity contribution in [2.24, 2.45) is 0 Å². The van der Waals surface area contributed by atoms with Crippen LogP contribution < -0.4 is 0 Å². The van der Waals surface area contributed by atoms with Gasteiger partial charge in [0.1, 0.15) is 22.0 Å². The van der Waals surface area contributed by atoms with Crippen molar-refractivity contribution in [2.75, 3.05) is 20.2 Å². The Morgan fingerprint density at radius 3 is 2.43 bits per heavy atom. The quantitative estimate of drug-likeness (QED) is 0.826. The molecule has 1 saturated heterocycles. The first-order chi connectivity index (χ1) is 9.66. The van der Waals surface area contributed by atoms with Crippen molar-refractivity contribution < 1.29 is 27.5 Å². The standard InChI is InChI=1S/C13H19NO6S/c1-5-13(16)6-14(7-13)21(17,18)11-9(3)20-8(2)10(11)12(15)19-4/h16H,5-7H2,1-4H3. The summed E-state index contributed by atoms with van der Waals surface area (Å²) in [5, 5.41) is 9.98. The Kier molecular flexibility index (Phi) is 3.90. The molecular weight excluding hydrogens is 298 g/mol. The van der Waals surface area contributed by atoms with Crippen molar-refractivity contribution in [3.8, 4) is 0 Å². The summed E-state index contributed by atoms with van der Waals surface area (Å²) in [6, 6.07) is 0. The summed E-state index contributed by atoms with van der Waals surface area (Å²) < 4.78 is 36.3. The van der Waals surface area contributed by atoms with Crippen LogP contribution >= 0.6 is 0 Å². The lowest BCUT2D eigenvalue weighted by Crippen LogP contribution is -2.63. The first-order valence-corrected chi connectivity index (χ1v) is 8.01. The molecule has 0 spiro atoms. The Morgan fingerprint density at radius 2 is 1.95 bits per heavy atom. The van der Waals surface area contributed by atoms with Crippen LogP contribution in [0.25, 0.3) is 0 Å². The fraction of sp³-hybridized carbons (Fsp3) is 0.615. The molecule has 0 radical (unpaired) electrons. The average molecular weight is 317 g/mol. The molecule has 0 aromatic carbocycles. The molecule has 0 amide bonds. The van der Waals surface area contributed by atoms with E-state index in [0.717, 1.165) is 4.31 Å². The lowest BCUT2D eigenvalue weighted by Gasteiger charge is -2.44. The van der Waals surface area contributed by atoms with E-state index in [9.17, 15) is 18.3 Å². The maximum atomic E-state index is 12.6. The third-order valence-corrected chi connectivity index (χ3v) is 5.74. The summed E-state index contributed by atoms with van der Waals surface area (Å²) >= 11 is 0. The zero-order valence-electron chi connectivity index (χ0n) is 12.5. The summed E-state index contributed by atoms with van der Waals surface area (Å²) in [6.07, 6.45) is 0.465. The first-order valence-electron chi connectivity index (χ1n) is 6.57. The van der Waals surface area contributed by atoms with Crippen molar-refractivity contribution in [1.82, 2.24) is 4.31 Å². The van der Waals surface area contributed by atoms with E-state index in [2.05, 4.69) is 4.74 Å². The highest BCUT2D eigenvalue weighted by Crippen LogP contribution is 2.35. The van der Waals surface area contributed by atoms with Gasteiger partial charge in [0.15, 0.2) is 0 Å². The van der Waals surface area contributed by atoms with E-state index < -0.39 is 21.6 Å². The van der Waals surface area contributed by atoms with Gasteiger partial charge in [-0.2, -0.15) is 4.31 Å². The van der Waals surface area contributed by atoms with Crippen LogP contribution in [0.1, 0.15) is 35.2 Å². The fourth-order valence-electron chi connectivity index (χ4n) is 2.44. The number of furan rings is 1. The number of aliphatic hydroxyl groups is 1. The van der Waals surface area contributed by atoms with Gasteiger partial charge in [-0.15, -0.1) is 0 Å². The van der Waals surface area contributed by atoms with Crippen LogP contribution in [0.3, 0.4) is 0 Å². The van der Waals surface area contributed by atoms with E-state index in [1.165, 1.54) is 21.0 Å². The Balaban J connectivity index is 2.45. The van der Waals surface area contributed by atoms with E-state index in [0.29, 0.717) is 6.42 Å². The number of sulfonamides is 1. The summed E-state index contributed by atoms with van der Waals surface area (Å²) in [4.78, 5) is 11.6. The minimum atomic E-state index is -3.90. The lowest BCUT2D eigenvalue weighted by atomic mass is 9.94. The van der Waals surface area contributed by atoms with E-state index in [-0.39, 0.29) is 35.1 Å². The van der Waals surface area contributed by atoms with Crippen LogP contribution in [0.2, 0.25) is 0 Å². The van der Waals surface area contributed by atoms with Gasteiger partial charge in [-0.25, -0.2) is 13.2 Å². The van der Waals surface area contributed by atoms with Gasteiger partial charge in [0.2, 0.25) is 10.0 Å². The number of β-amino-alcohol motifs (C(OH)–C–C–N with tert-alkyl or cyclic N) is 1. The molecule has 8 heteroatoms. The largest absolute Gasteiger partial charge is 0.465 e. The molecule has 0 saturated carbocycles. The van der Waals surface area contributed by atoms with Crippen LogP contribution in [-0.4, -0.2) is 49.6 Å². The van der Waals surface area contributed by atoms with Crippen LogP contribution in [0.4, 0.5) is 0 Å². The van der Waals surface area contributed by atoms with Gasteiger partial charge in [-0.1, -0.05) is 6.92 Å². The molecule has 2 rings (SSSR count). The van der Waals surface area contributed by atoms with Crippen molar-refractivity contribution in [3.63, 3.8) is 0 Å². The second-order valence-corrected chi connectivity index (χ2v) is 7.14. The third-order valence-electron chi connectivity index (χ3n) is 3.79. The number of esters is 1. The van der Waals surface area contributed by atoms with Crippen molar-refractivity contribution in [3.05, 3.63) is 17.1 Å². The second-order valence-electron chi connectivity index (χ2n) is 5.26. The highest BCUT2D eigenvalue weighted by molar-refractivity contribution is 7.89. The number of carbonyl (C=O) groups excluding carboxylic acids is 1. The van der Waals surface area contributed by atoms with Crippen LogP contribution in [0, 0.1) is 13.8 Å². The number of ether oxygens (including phenoxy) is 1. The summed E-state index contributed by atoms with van der Waals surface area (Å²) in [7, 11) is -2.72. The van der Waals surface area contributed by atoms with E-state index in [1.807, 2.05) is 0 Å². The molecule has 7 nitrogen and oxygen atoms in total. The molecule has 1 aliphatic heterocycles. The topological polar surface area (TPSA) is 97.0 Å². The predicted molar refractivity (Wildman–Crippen MR) is 73.5 cm³/mol. The molecule has 0 bridgehead atoms. The number of carbonyl (C=O) groups is 1. The van der Waals surface area contributed by atoms with Crippen LogP contribution in [-0.2, 0) is 14.8 Å². The molecule has 2 heterocycles. The summed E-state index contributed by atoms with van der Waals surface area (Å²) in [5.74, 6) is -0.418. The van der Waals surface area contributed by atoms with Gasteiger partial charge < -0.3 is 14.3 Å². The molecule has 1 N–H and O–H groups in total. The highest BCUT2D eigenvalue weighted by atomic mass is 32.2. The number of hydrogen-bond acceptors (Lipinski definition) is 6. The molecule has 0 unspecified atom stereocenters. The fourth-order valence-corrected chi connectivity index (χ4v) is 4.41. The zero-order chi connectivity index (χ0) is 16.0. The van der Waals surface area contributed by atoms with Gasteiger partial charge >= 0.3 is 5.97 Å². The van der Waals surface area contributed by atoms with Crippen molar-refractivity contribution in [1.29, 1.82) is 0 Å². The first kappa shape index (κ1) is 16.0. The maximum absolute atomic E-state index is 12.6. The minimum Gasteiger partial charge on any atom is -0.465 e. The normalized spacial score (nSPS) is 18.3. The Morgan fingerprint density at radius 1 is 1.38 bits per heavy atom. The van der Waals surface area contributed by atoms with Gasteiger partial charge in [-0.05, 0) is 20.3 Å². The second kappa shape index (κ2) is 5.11. The van der Waals surface area contributed by atoms with Gasteiger partial charge in [0.05, 0.1) is 12.7 Å². The average Bonchev–Trinajstić information content (AvgIpc) is 2.69. The van der Waals surface area contributed by atoms with Gasteiger partial charge in [-0.3, -0.25) is 0 Å². The van der Waals surface area contributed by atoms with Crippen molar-refractivity contribution in [2.45, 2.75) is 37.7 Å². The molecular formula is C13H19NO6S. The van der Waals surface area contributed by atoms with Gasteiger partial charge in [0, 0.05) is 13.1 Å². The highest BCUT2D eigenvalue weighted by Gasteiger charge is 2.48. The summed E-state index contributed by atoms with van der Waals surface area (Å²) in [6.45, 7) is 4.80. The lowest BCUT2D eigenvalue weighted by molar-refractivity contribution is -0.0613. The van der Waals surface area contributed by atoms with Crippen LogP contribution in [0.5, 0.6) is 0 Å². The Bertz CT molecular complexity index is 669. The summed E-state index contributed by atoms with van der Waals surface area (Å²) in [5.41, 5.74) is -1.08. The molecule has 0 aliphatic carbocycles. The van der Waals surface area contributed by atoms with E-state index in [4.69, 9.17) is 4.42 Å². The molecule has 118 valence electrons. The SMILES string of the molecule is CCC1(O)CN(S(=O)(=O)c2c(C)oc(C)c2C(=O)OC)C1. The van der Waals surface area contributed by atoms with Crippen LogP contribution in [0.15, 0.2) is 9.31 Å². The number of hydrogen-bond donors (Lipinski definition) is 1. The number of rotatable bonds is 4. The molecule has 1 aliphatic rings. The molecule has 1 aromatic heterocycles. The molecule has 1 fully saturated rings. The van der Waals surface area contributed by atoms with E-state index in [1.54, 1.807) is 6.92 Å². The molecule has 0 atom stereocenters. The zero-order valence-corrected chi connectivity index (χ0v) is 13.3. The predicted octanol–water partition coefficient (Wildman–Crippen LogP) is 0.828. The van der Waals surface area contributed by atoms with E-state index >= 15 is 0 Å². The van der Waals surface area contributed by atoms with Gasteiger partial charge in [0.25, 0.3) is 0 Å². The number of methoxy groups -OCH3 is 1. The third kappa shape index (κ3) is 2.47. The Labute approximate surface area is 123 Å². The number of nitrogens with zero attached hydrogens (tertiary/aromatic N) is 1. The van der Waals surface area contributed by atoms with Crippen molar-refractivity contribution >= 4 is 16.0 Å². The smallest absolute Gasteiger partial charge is 0.342 e. The Hall–Kier alpha value is -1.38. The minimum absolute atomic E-state index is 0.0100. The monoisotopic (exact) mass is 317 g/mol. The molecule has 21 heavy (non-hydrogen) atoms. The maximum Gasteiger partial charge on any atom is 0.342 e.